The fraction of sp³-hybridized carbons (Fsp3) is 0.353. The molecule has 0 spiro atoms. The highest BCUT2D eigenvalue weighted by Crippen LogP contribution is 2.35. The summed E-state index contributed by atoms with van der Waals surface area (Å²) in [6.07, 6.45) is 2.24. The monoisotopic (exact) mass is 327 g/mol. The zero-order valence-electron chi connectivity index (χ0n) is 14.0. The number of anilines is 4. The number of carbonyl (C=O) groups excluding carboxylic acids is 1. The van der Waals surface area contributed by atoms with Gasteiger partial charge in [-0.05, 0) is 30.2 Å². The van der Waals surface area contributed by atoms with E-state index in [1.165, 1.54) is 0 Å². The summed E-state index contributed by atoms with van der Waals surface area (Å²) in [5.41, 5.74) is 1.56. The number of ether oxygens (including phenoxy) is 1. The van der Waals surface area contributed by atoms with E-state index in [2.05, 4.69) is 27.5 Å². The molecule has 1 atom stereocenters. The van der Waals surface area contributed by atoms with Crippen molar-refractivity contribution < 1.29 is 9.53 Å². The number of hydrogen-bond donors (Lipinski definition) is 2. The van der Waals surface area contributed by atoms with Crippen molar-refractivity contribution >= 4 is 29.0 Å². The smallest absolute Gasteiger partial charge is 0.229 e. The Balaban J connectivity index is 1.90. The Morgan fingerprint density at radius 3 is 2.83 bits per heavy atom. The molecule has 1 amide bonds. The Labute approximate surface area is 141 Å². The number of nitrogens with zero attached hydrogens (tertiary/aromatic N) is 3. The van der Waals surface area contributed by atoms with Crippen LogP contribution in [0.5, 0.6) is 5.75 Å². The molecule has 0 aliphatic carbocycles. The summed E-state index contributed by atoms with van der Waals surface area (Å²) in [6.45, 7) is 2.77. The second-order valence-corrected chi connectivity index (χ2v) is 5.84. The Morgan fingerprint density at radius 2 is 2.17 bits per heavy atom. The molecule has 2 heterocycles. The molecule has 126 valence electrons. The van der Waals surface area contributed by atoms with Gasteiger partial charge in [-0.3, -0.25) is 4.79 Å². The molecule has 1 aromatic carbocycles. The van der Waals surface area contributed by atoms with Crippen molar-refractivity contribution in [3.05, 3.63) is 30.5 Å². The average molecular weight is 327 g/mol. The molecule has 2 aromatic rings. The van der Waals surface area contributed by atoms with E-state index in [4.69, 9.17) is 4.74 Å². The Hall–Kier alpha value is -2.83. The molecular formula is C17H21N5O2. The van der Waals surface area contributed by atoms with E-state index in [1.54, 1.807) is 31.3 Å². The fourth-order valence-electron chi connectivity index (χ4n) is 2.78. The summed E-state index contributed by atoms with van der Waals surface area (Å²) >= 11 is 0. The normalized spacial score (nSPS) is 17.0. The summed E-state index contributed by atoms with van der Waals surface area (Å²) in [7, 11) is 3.41. The van der Waals surface area contributed by atoms with Crippen LogP contribution in [-0.4, -0.2) is 36.6 Å². The lowest BCUT2D eigenvalue weighted by atomic mass is 10.2. The van der Waals surface area contributed by atoms with Crippen molar-refractivity contribution in [1.29, 1.82) is 0 Å². The summed E-state index contributed by atoms with van der Waals surface area (Å²) in [6, 6.07) is 7.40. The first kappa shape index (κ1) is 16.0. The third-order valence-corrected chi connectivity index (χ3v) is 3.96. The minimum Gasteiger partial charge on any atom is -0.495 e. The van der Waals surface area contributed by atoms with Crippen LogP contribution in [0.3, 0.4) is 0 Å². The molecule has 1 aliphatic rings. The largest absolute Gasteiger partial charge is 0.495 e. The summed E-state index contributed by atoms with van der Waals surface area (Å²) < 4.78 is 5.42. The molecule has 1 aliphatic heterocycles. The molecule has 0 bridgehead atoms. The molecule has 1 unspecified atom stereocenters. The van der Waals surface area contributed by atoms with E-state index in [0.29, 0.717) is 30.6 Å². The van der Waals surface area contributed by atoms with Gasteiger partial charge < -0.3 is 20.3 Å². The van der Waals surface area contributed by atoms with Crippen LogP contribution in [0, 0.1) is 5.92 Å². The van der Waals surface area contributed by atoms with Crippen LogP contribution < -0.4 is 20.3 Å². The topological polar surface area (TPSA) is 79.4 Å². The number of methoxy groups -OCH3 is 1. The van der Waals surface area contributed by atoms with Crippen LogP contribution in [0.4, 0.5) is 23.1 Å². The van der Waals surface area contributed by atoms with Gasteiger partial charge in [0, 0.05) is 31.9 Å². The average Bonchev–Trinajstić information content (AvgIpc) is 2.93. The van der Waals surface area contributed by atoms with Gasteiger partial charge in [-0.2, -0.15) is 4.98 Å². The van der Waals surface area contributed by atoms with E-state index >= 15 is 0 Å². The Morgan fingerprint density at radius 1 is 1.33 bits per heavy atom. The zero-order chi connectivity index (χ0) is 17.1. The van der Waals surface area contributed by atoms with Gasteiger partial charge >= 0.3 is 0 Å². The van der Waals surface area contributed by atoms with Crippen LogP contribution in [0.1, 0.15) is 13.3 Å². The molecule has 1 fully saturated rings. The van der Waals surface area contributed by atoms with Crippen LogP contribution in [-0.2, 0) is 4.79 Å². The number of aromatic nitrogens is 2. The van der Waals surface area contributed by atoms with E-state index in [1.807, 2.05) is 18.2 Å². The number of rotatable bonds is 5. The quantitative estimate of drug-likeness (QED) is 0.879. The maximum absolute atomic E-state index is 12.2. The van der Waals surface area contributed by atoms with Crippen molar-refractivity contribution in [3.8, 4) is 5.75 Å². The van der Waals surface area contributed by atoms with Gasteiger partial charge in [0.05, 0.1) is 12.8 Å². The van der Waals surface area contributed by atoms with Crippen LogP contribution in [0.15, 0.2) is 30.5 Å². The van der Waals surface area contributed by atoms with Gasteiger partial charge in [-0.25, -0.2) is 4.98 Å². The summed E-state index contributed by atoms with van der Waals surface area (Å²) in [4.78, 5) is 22.5. The van der Waals surface area contributed by atoms with Gasteiger partial charge in [-0.15, -0.1) is 0 Å². The predicted molar refractivity (Wildman–Crippen MR) is 94.0 cm³/mol. The van der Waals surface area contributed by atoms with Crippen molar-refractivity contribution in [2.45, 2.75) is 13.3 Å². The zero-order valence-corrected chi connectivity index (χ0v) is 14.0. The highest BCUT2D eigenvalue weighted by atomic mass is 16.5. The number of amides is 1. The molecule has 0 radical (unpaired) electrons. The number of benzene rings is 1. The third kappa shape index (κ3) is 3.24. The van der Waals surface area contributed by atoms with Gasteiger partial charge in [-0.1, -0.05) is 6.92 Å². The lowest BCUT2D eigenvalue weighted by molar-refractivity contribution is -0.117. The van der Waals surface area contributed by atoms with E-state index < -0.39 is 0 Å². The van der Waals surface area contributed by atoms with Gasteiger partial charge in [0.1, 0.15) is 11.6 Å². The fourth-order valence-corrected chi connectivity index (χ4v) is 2.78. The first-order valence-corrected chi connectivity index (χ1v) is 7.87. The highest BCUT2D eigenvalue weighted by molar-refractivity contribution is 5.97. The van der Waals surface area contributed by atoms with Crippen LogP contribution in [0.2, 0.25) is 0 Å². The van der Waals surface area contributed by atoms with Gasteiger partial charge in [0.2, 0.25) is 11.9 Å². The van der Waals surface area contributed by atoms with E-state index in [0.717, 1.165) is 17.2 Å². The second kappa shape index (κ2) is 6.74. The molecule has 3 rings (SSSR count). The summed E-state index contributed by atoms with van der Waals surface area (Å²) in [5.74, 6) is 2.35. The van der Waals surface area contributed by atoms with Crippen LogP contribution >= 0.6 is 0 Å². The van der Waals surface area contributed by atoms with Gasteiger partial charge in [0.25, 0.3) is 0 Å². The minimum absolute atomic E-state index is 0.117. The van der Waals surface area contributed by atoms with Crippen molar-refractivity contribution in [1.82, 2.24) is 9.97 Å². The molecule has 7 nitrogen and oxygen atoms in total. The summed E-state index contributed by atoms with van der Waals surface area (Å²) in [5, 5.41) is 6.14. The SMILES string of the molecule is CNc1ccnc(Nc2ccc(OC)c(N3CC(C)CC3=O)c2)n1. The molecule has 7 heteroatoms. The molecule has 1 saturated heterocycles. The number of hydrogen-bond acceptors (Lipinski definition) is 6. The lowest BCUT2D eigenvalue weighted by Crippen LogP contribution is -2.24. The van der Waals surface area contributed by atoms with Crippen molar-refractivity contribution in [2.24, 2.45) is 5.92 Å². The molecular weight excluding hydrogens is 306 g/mol. The molecule has 24 heavy (non-hydrogen) atoms. The first-order chi connectivity index (χ1) is 11.6. The highest BCUT2D eigenvalue weighted by Gasteiger charge is 2.29. The predicted octanol–water partition coefficient (Wildman–Crippen LogP) is 2.64. The number of carbonyl (C=O) groups is 1. The molecule has 0 saturated carbocycles. The van der Waals surface area contributed by atoms with Gasteiger partial charge in [0.15, 0.2) is 0 Å². The van der Waals surface area contributed by atoms with E-state index in [9.17, 15) is 4.79 Å². The molecule has 2 N–H and O–H groups in total. The maximum Gasteiger partial charge on any atom is 0.229 e. The lowest BCUT2D eigenvalue weighted by Gasteiger charge is -2.20. The first-order valence-electron chi connectivity index (χ1n) is 7.87. The Kier molecular flexibility index (Phi) is 4.50. The standard InChI is InChI=1S/C17H21N5O2/c1-11-8-16(23)22(10-11)13-9-12(4-5-14(13)24-3)20-17-19-7-6-15(18-2)21-17/h4-7,9,11H,8,10H2,1-3H3,(H2,18,19,20,21). The number of nitrogens with one attached hydrogen (secondary N) is 2. The third-order valence-electron chi connectivity index (χ3n) is 3.96. The van der Waals surface area contributed by atoms with E-state index in [-0.39, 0.29) is 5.91 Å². The van der Waals surface area contributed by atoms with Crippen molar-refractivity contribution in [3.63, 3.8) is 0 Å². The second-order valence-electron chi connectivity index (χ2n) is 5.84. The van der Waals surface area contributed by atoms with Crippen LogP contribution in [0.25, 0.3) is 0 Å². The maximum atomic E-state index is 12.2. The minimum atomic E-state index is 0.117. The van der Waals surface area contributed by atoms with Crippen molar-refractivity contribution in [2.75, 3.05) is 36.2 Å². The molecule has 1 aromatic heterocycles. The Bertz CT molecular complexity index is 750.